The van der Waals surface area contributed by atoms with Crippen LogP contribution in [-0.4, -0.2) is 95.9 Å². The van der Waals surface area contributed by atoms with E-state index in [1.165, 1.54) is 25.7 Å². The first kappa shape index (κ1) is 86.4. The molecule has 0 saturated carbocycles. The quantitative estimate of drug-likeness (QED) is 0.0146. The van der Waals surface area contributed by atoms with Gasteiger partial charge in [-0.3, -0.25) is 32.5 Å². The Labute approximate surface area is 549 Å². The van der Waals surface area contributed by atoms with Crippen molar-refractivity contribution in [1.82, 2.24) is 0 Å². The standard InChI is InChI=1S/C73H120O16P2/c1-4-7-10-13-16-19-22-25-28-31-32-33-34-37-39-41-44-47-50-53-56-59-71(76)83-62-68(74)63-85-90(79,80)86-64-69(75)65-87-91(81,82)88-67-70(89-73(78)61-58-55-52-49-46-43-40-36-30-27-24-21-18-15-12-9-6-3)66-84-72(77)60-57-54-51-48-45-42-38-35-29-26-23-20-17-14-11-8-5-2/h8-9,11-12,16-21,25-30,32-33,37-40,42-43,68-70,74-75H,4-7,10,13-15,22-24,31,34-36,41,44-67H2,1-3H3,(H,79,80)(H,81,82)/b11-8-,12-9-,19-16-,20-17-,21-18-,28-25-,29-26-,30-27-,33-32-,39-37-,42-38-,43-40-. The van der Waals surface area contributed by atoms with Gasteiger partial charge in [-0.05, 0) is 141 Å². The number of carbonyl (C=O) groups is 3. The zero-order chi connectivity index (χ0) is 66.7. The summed E-state index contributed by atoms with van der Waals surface area (Å²) in [6.07, 6.45) is 77.5. The number of rotatable bonds is 63. The molecule has 0 fully saturated rings. The Bertz CT molecular complexity index is 2240. The summed E-state index contributed by atoms with van der Waals surface area (Å²) in [5.41, 5.74) is 0. The highest BCUT2D eigenvalue weighted by atomic mass is 31.2. The molecule has 0 heterocycles. The fourth-order valence-corrected chi connectivity index (χ4v) is 9.94. The van der Waals surface area contributed by atoms with E-state index in [0.29, 0.717) is 19.3 Å². The summed E-state index contributed by atoms with van der Waals surface area (Å²) in [5.74, 6) is -1.66. The van der Waals surface area contributed by atoms with Gasteiger partial charge in [0, 0.05) is 19.3 Å². The molecule has 91 heavy (non-hydrogen) atoms. The lowest BCUT2D eigenvalue weighted by molar-refractivity contribution is -0.161. The average molecular weight is 1320 g/mol. The maximum Gasteiger partial charge on any atom is 0.472 e. The molecular weight excluding hydrogens is 1190 g/mol. The van der Waals surface area contributed by atoms with Gasteiger partial charge in [-0.15, -0.1) is 0 Å². The third-order valence-electron chi connectivity index (χ3n) is 13.5. The molecule has 518 valence electrons. The van der Waals surface area contributed by atoms with Crippen molar-refractivity contribution in [2.45, 2.75) is 257 Å². The highest BCUT2D eigenvalue weighted by Crippen LogP contribution is 2.45. The molecule has 5 unspecified atom stereocenters. The van der Waals surface area contributed by atoms with Crippen LogP contribution in [0.1, 0.15) is 239 Å². The van der Waals surface area contributed by atoms with Crippen LogP contribution in [-0.2, 0) is 55.8 Å². The number of hydrogen-bond acceptors (Lipinski definition) is 14. The van der Waals surface area contributed by atoms with Crippen LogP contribution in [0.2, 0.25) is 0 Å². The smallest absolute Gasteiger partial charge is 0.463 e. The lowest BCUT2D eigenvalue weighted by Gasteiger charge is -2.21. The molecule has 4 N–H and O–H groups in total. The summed E-state index contributed by atoms with van der Waals surface area (Å²) < 4.78 is 60.8. The second-order valence-corrected chi connectivity index (χ2v) is 25.1. The minimum atomic E-state index is -4.94. The molecule has 0 bridgehead atoms. The number of carbonyl (C=O) groups excluding carboxylic acids is 3. The van der Waals surface area contributed by atoms with E-state index in [4.69, 9.17) is 32.3 Å². The van der Waals surface area contributed by atoms with Crippen LogP contribution in [0, 0.1) is 0 Å². The van der Waals surface area contributed by atoms with Gasteiger partial charge in [-0.1, -0.05) is 224 Å². The first-order chi connectivity index (χ1) is 44.2. The number of ether oxygens (including phenoxy) is 3. The van der Waals surface area contributed by atoms with Crippen LogP contribution in [0.15, 0.2) is 146 Å². The van der Waals surface area contributed by atoms with Crippen molar-refractivity contribution in [3.05, 3.63) is 146 Å². The molecule has 18 heteroatoms. The van der Waals surface area contributed by atoms with E-state index in [0.717, 1.165) is 154 Å². The molecular formula is C73H120O16P2. The number of allylic oxidation sites excluding steroid dienone is 24. The Morgan fingerprint density at radius 3 is 0.923 bits per heavy atom. The summed E-state index contributed by atoms with van der Waals surface area (Å²) >= 11 is 0. The van der Waals surface area contributed by atoms with Crippen molar-refractivity contribution < 1.29 is 75.8 Å². The Balaban J connectivity index is 4.75. The van der Waals surface area contributed by atoms with E-state index in [-0.39, 0.29) is 19.3 Å². The third kappa shape index (κ3) is 66.7. The second kappa shape index (κ2) is 65.5. The van der Waals surface area contributed by atoms with Gasteiger partial charge in [0.2, 0.25) is 0 Å². The second-order valence-electron chi connectivity index (χ2n) is 22.2. The normalized spacial score (nSPS) is 15.1. The molecule has 0 aliphatic heterocycles. The molecule has 0 aromatic heterocycles. The number of aliphatic hydroxyl groups is 2. The molecule has 0 aliphatic carbocycles. The Morgan fingerprint density at radius 2 is 0.582 bits per heavy atom. The summed E-state index contributed by atoms with van der Waals surface area (Å²) in [5, 5.41) is 20.5. The Hall–Kier alpha value is -4.57. The highest BCUT2D eigenvalue weighted by molar-refractivity contribution is 7.47. The van der Waals surface area contributed by atoms with Crippen molar-refractivity contribution in [3.8, 4) is 0 Å². The zero-order valence-corrected chi connectivity index (χ0v) is 57.7. The highest BCUT2D eigenvalue weighted by Gasteiger charge is 2.29. The summed E-state index contributed by atoms with van der Waals surface area (Å²) in [7, 11) is -9.81. The van der Waals surface area contributed by atoms with Crippen molar-refractivity contribution in [2.75, 3.05) is 39.6 Å². The maximum atomic E-state index is 12.9. The Morgan fingerprint density at radius 1 is 0.319 bits per heavy atom. The van der Waals surface area contributed by atoms with Gasteiger partial charge < -0.3 is 34.2 Å². The van der Waals surface area contributed by atoms with Gasteiger partial charge in [0.25, 0.3) is 0 Å². The van der Waals surface area contributed by atoms with Crippen molar-refractivity contribution in [1.29, 1.82) is 0 Å². The fraction of sp³-hybridized carbons (Fsp3) is 0.630. The van der Waals surface area contributed by atoms with Crippen molar-refractivity contribution in [3.63, 3.8) is 0 Å². The van der Waals surface area contributed by atoms with Crippen LogP contribution in [0.5, 0.6) is 0 Å². The maximum absolute atomic E-state index is 12.9. The SMILES string of the molecule is CC/C=C\C/C=C\C/C=C\C/C=C\CCCCCCC(=O)OCC(COP(=O)(O)OCC(O)COP(=O)(O)OCC(O)COC(=O)CCCCCCC/C=C\C/C=C\C/C=C\C/C=C\CCCCC)OC(=O)CCCCCC/C=C\C/C=C\C/C=C\C/C=C\CC. The summed E-state index contributed by atoms with van der Waals surface area (Å²) in [6, 6.07) is 0. The molecule has 5 atom stereocenters. The number of phosphoric ester groups is 2. The van der Waals surface area contributed by atoms with Crippen LogP contribution < -0.4 is 0 Å². The van der Waals surface area contributed by atoms with Crippen LogP contribution in [0.25, 0.3) is 0 Å². The van der Waals surface area contributed by atoms with E-state index in [1.807, 2.05) is 0 Å². The third-order valence-corrected chi connectivity index (χ3v) is 15.4. The largest absolute Gasteiger partial charge is 0.472 e. The van der Waals surface area contributed by atoms with E-state index < -0.39 is 91.5 Å². The predicted molar refractivity (Wildman–Crippen MR) is 371 cm³/mol. The minimum Gasteiger partial charge on any atom is -0.463 e. The van der Waals surface area contributed by atoms with Crippen LogP contribution >= 0.6 is 15.6 Å². The molecule has 0 spiro atoms. The first-order valence-corrected chi connectivity index (χ1v) is 37.1. The first-order valence-electron chi connectivity index (χ1n) is 34.1. The molecule has 0 amide bonds. The van der Waals surface area contributed by atoms with E-state index in [9.17, 15) is 43.5 Å². The van der Waals surface area contributed by atoms with Crippen LogP contribution in [0.3, 0.4) is 0 Å². The van der Waals surface area contributed by atoms with Gasteiger partial charge in [-0.2, -0.15) is 0 Å². The van der Waals surface area contributed by atoms with Crippen molar-refractivity contribution in [2.24, 2.45) is 0 Å². The lowest BCUT2D eigenvalue weighted by atomic mass is 10.1. The van der Waals surface area contributed by atoms with Gasteiger partial charge in [0.1, 0.15) is 25.4 Å². The van der Waals surface area contributed by atoms with Gasteiger partial charge in [-0.25, -0.2) is 9.13 Å². The summed E-state index contributed by atoms with van der Waals surface area (Å²) in [6.45, 7) is 2.30. The fourth-order valence-electron chi connectivity index (χ4n) is 8.36. The monoisotopic (exact) mass is 1310 g/mol. The average Bonchev–Trinajstić information content (AvgIpc) is 3.02. The molecule has 16 nitrogen and oxygen atoms in total. The van der Waals surface area contributed by atoms with Crippen molar-refractivity contribution >= 4 is 33.6 Å². The minimum absolute atomic E-state index is 0.0648. The van der Waals surface area contributed by atoms with Gasteiger partial charge in [0.15, 0.2) is 6.10 Å². The number of esters is 3. The molecule has 0 aromatic rings. The predicted octanol–water partition coefficient (Wildman–Crippen LogP) is 19.0. The van der Waals surface area contributed by atoms with Gasteiger partial charge in [0.05, 0.1) is 26.4 Å². The van der Waals surface area contributed by atoms with E-state index in [1.54, 1.807) is 0 Å². The van der Waals surface area contributed by atoms with E-state index in [2.05, 4.69) is 167 Å². The Kier molecular flexibility index (Phi) is 62.2. The molecule has 0 radical (unpaired) electrons. The molecule has 0 saturated heterocycles. The number of hydrogen-bond donors (Lipinski definition) is 4. The topological polar surface area (TPSA) is 231 Å². The molecule has 0 aliphatic rings. The van der Waals surface area contributed by atoms with E-state index >= 15 is 0 Å². The number of aliphatic hydroxyl groups excluding tert-OH is 2. The molecule has 0 aromatic carbocycles. The molecule has 0 rings (SSSR count). The number of unbranched alkanes of at least 4 members (excludes halogenated alkanes) is 16. The zero-order valence-electron chi connectivity index (χ0n) is 56.0. The lowest BCUT2D eigenvalue weighted by Crippen LogP contribution is -2.30. The number of phosphoric acid groups is 2. The summed E-state index contributed by atoms with van der Waals surface area (Å²) in [4.78, 5) is 58.4. The van der Waals surface area contributed by atoms with Gasteiger partial charge >= 0.3 is 33.6 Å². The van der Waals surface area contributed by atoms with Crippen LogP contribution in [0.4, 0.5) is 0 Å².